The van der Waals surface area contributed by atoms with Crippen LogP contribution in [0.5, 0.6) is 0 Å². The van der Waals surface area contributed by atoms with Crippen LogP contribution >= 0.6 is 15.9 Å². The van der Waals surface area contributed by atoms with Crippen LogP contribution in [0.1, 0.15) is 19.4 Å². The molecule has 0 radical (unpaired) electrons. The van der Waals surface area contributed by atoms with Crippen LogP contribution in [0.25, 0.3) is 0 Å². The molecule has 0 fully saturated rings. The number of halogens is 1. The van der Waals surface area contributed by atoms with Crippen molar-refractivity contribution in [3.05, 3.63) is 40.8 Å². The first-order valence-corrected chi connectivity index (χ1v) is 7.57. The second-order valence-corrected chi connectivity index (χ2v) is 6.19. The summed E-state index contributed by atoms with van der Waals surface area (Å²) in [6, 6.07) is 7.85. The van der Waals surface area contributed by atoms with Crippen LogP contribution in [0.3, 0.4) is 0 Å². The number of benzene rings is 1. The fourth-order valence-corrected chi connectivity index (χ4v) is 3.33. The highest BCUT2D eigenvalue weighted by Gasteiger charge is 2.09. The predicted octanol–water partition coefficient (Wildman–Crippen LogP) is 4.04. The fraction of sp³-hybridized carbons (Fsp3) is 0.385. The molecule has 0 bridgehead atoms. The minimum atomic E-state index is -1.04. The molecule has 0 aliphatic heterocycles. The molecule has 0 aliphatic rings. The molecule has 1 aromatic rings. The van der Waals surface area contributed by atoms with Crippen molar-refractivity contribution in [3.8, 4) is 0 Å². The molecule has 3 heteroatoms. The molecule has 16 heavy (non-hydrogen) atoms. The Morgan fingerprint density at radius 2 is 1.94 bits per heavy atom. The van der Waals surface area contributed by atoms with Gasteiger partial charge in [0.2, 0.25) is 0 Å². The molecule has 1 nitrogen and oxygen atoms in total. The van der Waals surface area contributed by atoms with Crippen molar-refractivity contribution in [1.29, 1.82) is 0 Å². The normalized spacial score (nSPS) is 14.2. The molecule has 0 aromatic heterocycles. The molecule has 0 aliphatic carbocycles. The Morgan fingerprint density at radius 3 is 2.38 bits per heavy atom. The van der Waals surface area contributed by atoms with E-state index in [4.69, 9.17) is 0 Å². The second-order valence-electron chi connectivity index (χ2n) is 4.09. The highest BCUT2D eigenvalue weighted by atomic mass is 79.9. The zero-order valence-corrected chi connectivity index (χ0v) is 12.3. The first-order valence-electron chi connectivity index (χ1n) is 5.29. The molecule has 0 spiro atoms. The third kappa shape index (κ3) is 3.87. The molecule has 0 heterocycles. The van der Waals surface area contributed by atoms with Gasteiger partial charge in [0.05, 0.1) is 10.8 Å². The Labute approximate surface area is 109 Å². The molecule has 1 rings (SSSR count). The van der Waals surface area contributed by atoms with Crippen LogP contribution in [0.15, 0.2) is 40.1 Å². The van der Waals surface area contributed by atoms with Crippen molar-refractivity contribution in [2.45, 2.75) is 25.7 Å². The van der Waals surface area contributed by atoms with Gasteiger partial charge in [-0.25, -0.2) is 4.21 Å². The van der Waals surface area contributed by atoms with Gasteiger partial charge >= 0.3 is 0 Å². The summed E-state index contributed by atoms with van der Waals surface area (Å²) in [6.07, 6.45) is 2.06. The summed E-state index contributed by atoms with van der Waals surface area (Å²) in [5.41, 5.74) is 1.19. The minimum Gasteiger partial charge on any atom is -0.249 e. The van der Waals surface area contributed by atoms with Crippen LogP contribution in [0.2, 0.25) is 0 Å². The van der Waals surface area contributed by atoms with Crippen LogP contribution in [0, 0.1) is 12.8 Å². The van der Waals surface area contributed by atoms with Crippen molar-refractivity contribution in [2.24, 2.45) is 5.92 Å². The van der Waals surface area contributed by atoms with Gasteiger partial charge in [-0.15, -0.1) is 0 Å². The zero-order chi connectivity index (χ0) is 12.1. The molecule has 88 valence electrons. The summed E-state index contributed by atoms with van der Waals surface area (Å²) in [4.78, 5) is 1.82. The van der Waals surface area contributed by atoms with Gasteiger partial charge in [0.25, 0.3) is 0 Å². The van der Waals surface area contributed by atoms with E-state index in [1.54, 1.807) is 0 Å². The Hall–Kier alpha value is -0.410. The average molecular weight is 301 g/mol. The Morgan fingerprint density at radius 1 is 1.38 bits per heavy atom. The summed E-state index contributed by atoms with van der Waals surface area (Å²) in [6.45, 7) is 6.21. The standard InChI is InChI=1S/C13H17BrOS/c1-10(2)8-13(9-14)16(15)12-6-4-11(3)5-7-12/h4-8,10H,9H2,1-3H3/b13-8-. The topological polar surface area (TPSA) is 17.1 Å². The molecule has 0 saturated carbocycles. The summed E-state index contributed by atoms with van der Waals surface area (Å²) < 4.78 is 12.2. The summed E-state index contributed by atoms with van der Waals surface area (Å²) in [5.74, 6) is 0.418. The predicted molar refractivity (Wildman–Crippen MR) is 74.3 cm³/mol. The van der Waals surface area contributed by atoms with E-state index in [0.717, 1.165) is 9.80 Å². The molecule has 1 aromatic carbocycles. The minimum absolute atomic E-state index is 0.418. The number of aryl methyl sites for hydroxylation is 1. The number of hydrogen-bond donors (Lipinski definition) is 0. The number of rotatable bonds is 4. The van der Waals surface area contributed by atoms with Crippen LogP contribution in [0.4, 0.5) is 0 Å². The average Bonchev–Trinajstić information content (AvgIpc) is 2.25. The van der Waals surface area contributed by atoms with E-state index in [2.05, 4.69) is 35.9 Å². The number of allylic oxidation sites excluding steroid dienone is 2. The lowest BCUT2D eigenvalue weighted by atomic mass is 10.2. The quantitative estimate of drug-likeness (QED) is 0.767. The Bertz CT molecular complexity index is 393. The highest BCUT2D eigenvalue weighted by molar-refractivity contribution is 9.09. The Balaban J connectivity index is 2.96. The molecule has 0 amide bonds. The second kappa shape index (κ2) is 6.36. The first-order chi connectivity index (χ1) is 7.54. The number of alkyl halides is 1. The Kier molecular flexibility index (Phi) is 5.42. The van der Waals surface area contributed by atoms with Gasteiger partial charge in [-0.2, -0.15) is 0 Å². The van der Waals surface area contributed by atoms with E-state index in [9.17, 15) is 4.21 Å². The van der Waals surface area contributed by atoms with Crippen LogP contribution in [-0.2, 0) is 10.8 Å². The summed E-state index contributed by atoms with van der Waals surface area (Å²) in [5, 5.41) is 0.658. The van der Waals surface area contributed by atoms with Gasteiger partial charge in [-0.1, -0.05) is 53.5 Å². The third-order valence-electron chi connectivity index (χ3n) is 2.12. The van der Waals surface area contributed by atoms with E-state index in [1.165, 1.54) is 5.56 Å². The molecule has 1 atom stereocenters. The molecule has 0 saturated heterocycles. The van der Waals surface area contributed by atoms with Gasteiger partial charge in [-0.3, -0.25) is 0 Å². The van der Waals surface area contributed by atoms with Gasteiger partial charge in [0.1, 0.15) is 0 Å². The maximum Gasteiger partial charge on any atom is 0.0813 e. The lowest BCUT2D eigenvalue weighted by molar-refractivity contribution is 0.686. The van der Waals surface area contributed by atoms with E-state index in [0.29, 0.717) is 11.2 Å². The van der Waals surface area contributed by atoms with Gasteiger partial charge in [0, 0.05) is 15.1 Å². The van der Waals surface area contributed by atoms with Crippen molar-refractivity contribution in [2.75, 3.05) is 5.33 Å². The van der Waals surface area contributed by atoms with Crippen molar-refractivity contribution < 1.29 is 4.21 Å². The maximum atomic E-state index is 12.2. The highest BCUT2D eigenvalue weighted by Crippen LogP contribution is 2.18. The van der Waals surface area contributed by atoms with E-state index < -0.39 is 10.8 Å². The lowest BCUT2D eigenvalue weighted by Gasteiger charge is -2.06. The van der Waals surface area contributed by atoms with E-state index >= 15 is 0 Å². The van der Waals surface area contributed by atoms with Gasteiger partial charge in [-0.05, 0) is 25.0 Å². The van der Waals surface area contributed by atoms with Crippen molar-refractivity contribution in [1.82, 2.24) is 0 Å². The first kappa shape index (κ1) is 13.7. The fourth-order valence-electron chi connectivity index (χ4n) is 1.34. The summed E-state index contributed by atoms with van der Waals surface area (Å²) >= 11 is 3.40. The van der Waals surface area contributed by atoms with Crippen molar-refractivity contribution in [3.63, 3.8) is 0 Å². The SMILES string of the molecule is Cc1ccc(S(=O)/C(=C\C(C)C)CBr)cc1. The van der Waals surface area contributed by atoms with Crippen LogP contribution in [-0.4, -0.2) is 9.54 Å². The van der Waals surface area contributed by atoms with Crippen LogP contribution < -0.4 is 0 Å². The smallest absolute Gasteiger partial charge is 0.0813 e. The van der Waals surface area contributed by atoms with Gasteiger partial charge in [0.15, 0.2) is 0 Å². The zero-order valence-electron chi connectivity index (χ0n) is 9.87. The maximum absolute atomic E-state index is 12.2. The molecular weight excluding hydrogens is 284 g/mol. The molecular formula is C13H17BrOS. The lowest BCUT2D eigenvalue weighted by Crippen LogP contribution is -1.99. The monoisotopic (exact) mass is 300 g/mol. The number of hydrogen-bond acceptors (Lipinski definition) is 1. The van der Waals surface area contributed by atoms with Crippen molar-refractivity contribution >= 4 is 26.7 Å². The van der Waals surface area contributed by atoms with E-state index in [1.807, 2.05) is 31.2 Å². The summed E-state index contributed by atoms with van der Waals surface area (Å²) in [7, 11) is -1.04. The largest absolute Gasteiger partial charge is 0.249 e. The van der Waals surface area contributed by atoms with Gasteiger partial charge < -0.3 is 0 Å². The molecule has 0 N–H and O–H groups in total. The van der Waals surface area contributed by atoms with E-state index in [-0.39, 0.29) is 0 Å². The third-order valence-corrected chi connectivity index (χ3v) is 4.56. The molecule has 1 unspecified atom stereocenters.